The van der Waals surface area contributed by atoms with Crippen molar-refractivity contribution in [3.63, 3.8) is 0 Å². The minimum absolute atomic E-state index is 0.346. The van der Waals surface area contributed by atoms with Crippen LogP contribution < -0.4 is 4.74 Å². The van der Waals surface area contributed by atoms with E-state index in [1.807, 2.05) is 29.6 Å². The Morgan fingerprint density at radius 1 is 1.44 bits per heavy atom. The van der Waals surface area contributed by atoms with Crippen molar-refractivity contribution in [2.24, 2.45) is 0 Å². The molecule has 3 rings (SSSR count). The highest BCUT2D eigenvalue weighted by atomic mass is 127. The number of nitrogens with zero attached hydrogens (tertiary/aromatic N) is 2. The van der Waals surface area contributed by atoms with Gasteiger partial charge in [0.1, 0.15) is 5.75 Å². The smallest absolute Gasteiger partial charge is 0.250 e. The van der Waals surface area contributed by atoms with Crippen LogP contribution in [0.2, 0.25) is 0 Å². The van der Waals surface area contributed by atoms with E-state index < -0.39 is 0 Å². The monoisotopic (exact) mass is 370 g/mol. The molecule has 90 valence electrons. The van der Waals surface area contributed by atoms with E-state index in [4.69, 9.17) is 4.74 Å². The first-order valence-corrected chi connectivity index (χ1v) is 7.08. The van der Waals surface area contributed by atoms with E-state index in [1.165, 1.54) is 11.3 Å². The Morgan fingerprint density at radius 2 is 2.33 bits per heavy atom. The fourth-order valence-corrected chi connectivity index (χ4v) is 2.84. The summed E-state index contributed by atoms with van der Waals surface area (Å²) in [5.74, 6) is 1.02. The molecule has 6 heteroatoms. The number of hydrogen-bond donors (Lipinski definition) is 0. The number of benzene rings is 1. The highest BCUT2D eigenvalue weighted by molar-refractivity contribution is 14.1. The third-order valence-corrected chi connectivity index (χ3v) is 3.82. The van der Waals surface area contributed by atoms with Crippen LogP contribution in [-0.4, -0.2) is 15.7 Å². The molecule has 2 aromatic heterocycles. The van der Waals surface area contributed by atoms with Crippen LogP contribution in [-0.2, 0) is 0 Å². The molecule has 0 saturated carbocycles. The van der Waals surface area contributed by atoms with Crippen LogP contribution in [0.1, 0.15) is 10.5 Å². The lowest BCUT2D eigenvalue weighted by Gasteiger charge is -2.03. The zero-order chi connectivity index (χ0) is 12.5. The Morgan fingerprint density at radius 3 is 3.11 bits per heavy atom. The third kappa shape index (κ3) is 2.01. The number of imidazole rings is 1. The van der Waals surface area contributed by atoms with Crippen LogP contribution in [0.25, 0.3) is 4.96 Å². The van der Waals surface area contributed by atoms with Crippen LogP contribution in [0.5, 0.6) is 11.6 Å². The molecule has 2 heterocycles. The molecule has 0 aliphatic heterocycles. The maximum Gasteiger partial charge on any atom is 0.250 e. The lowest BCUT2D eigenvalue weighted by atomic mass is 10.3. The van der Waals surface area contributed by atoms with Crippen molar-refractivity contribution in [3.8, 4) is 11.6 Å². The molecule has 0 fully saturated rings. The summed E-state index contributed by atoms with van der Waals surface area (Å²) in [5, 5.41) is 1.88. The second-order valence-electron chi connectivity index (χ2n) is 3.54. The van der Waals surface area contributed by atoms with Gasteiger partial charge in [0.2, 0.25) is 5.88 Å². The minimum Gasteiger partial charge on any atom is -0.437 e. The summed E-state index contributed by atoms with van der Waals surface area (Å²) in [4.78, 5) is 16.2. The first-order chi connectivity index (χ1) is 8.78. The Bertz CT molecular complexity index is 720. The number of carbonyl (C=O) groups excluding carboxylic acids is 1. The van der Waals surface area contributed by atoms with Gasteiger partial charge in [-0.15, -0.1) is 11.3 Å². The zero-order valence-electron chi connectivity index (χ0n) is 9.04. The zero-order valence-corrected chi connectivity index (χ0v) is 12.0. The number of aldehydes is 1. The van der Waals surface area contributed by atoms with Gasteiger partial charge in [-0.3, -0.25) is 9.20 Å². The van der Waals surface area contributed by atoms with E-state index in [2.05, 4.69) is 27.6 Å². The summed E-state index contributed by atoms with van der Waals surface area (Å²) in [7, 11) is 0. The molecule has 0 N–H and O–H groups in total. The first-order valence-electron chi connectivity index (χ1n) is 5.12. The third-order valence-electron chi connectivity index (χ3n) is 2.39. The molecular formula is C12H7IN2O2S. The van der Waals surface area contributed by atoms with E-state index in [-0.39, 0.29) is 0 Å². The molecular weight excluding hydrogens is 363 g/mol. The van der Waals surface area contributed by atoms with Crippen LogP contribution in [0.3, 0.4) is 0 Å². The van der Waals surface area contributed by atoms with Crippen LogP contribution >= 0.6 is 33.9 Å². The molecule has 0 saturated heterocycles. The van der Waals surface area contributed by atoms with Crippen molar-refractivity contribution in [1.29, 1.82) is 0 Å². The lowest BCUT2D eigenvalue weighted by Crippen LogP contribution is -1.92. The fourth-order valence-electron chi connectivity index (χ4n) is 1.61. The van der Waals surface area contributed by atoms with Crippen LogP contribution in [0.15, 0.2) is 35.8 Å². The van der Waals surface area contributed by atoms with Gasteiger partial charge in [-0.25, -0.2) is 0 Å². The molecule has 0 atom stereocenters. The number of rotatable bonds is 3. The van der Waals surface area contributed by atoms with Crippen molar-refractivity contribution < 1.29 is 9.53 Å². The molecule has 0 unspecified atom stereocenters. The number of aromatic nitrogens is 2. The molecule has 0 spiro atoms. The van der Waals surface area contributed by atoms with Gasteiger partial charge in [0.25, 0.3) is 0 Å². The topological polar surface area (TPSA) is 43.6 Å². The summed E-state index contributed by atoms with van der Waals surface area (Å²) in [6, 6.07) is 7.60. The number of hydrogen-bond acceptors (Lipinski definition) is 4. The number of ether oxygens (including phenoxy) is 1. The standard InChI is InChI=1S/C12H7IN2O2S/c13-8-2-1-3-9(6-8)17-11-10(7-16)15-4-5-18-12(15)14-11/h1-7H. The quantitative estimate of drug-likeness (QED) is 0.523. The molecule has 18 heavy (non-hydrogen) atoms. The number of carbonyl (C=O) groups is 1. The normalized spacial score (nSPS) is 10.7. The Labute approximate surface area is 120 Å². The van der Waals surface area contributed by atoms with Crippen molar-refractivity contribution in [2.75, 3.05) is 0 Å². The van der Waals surface area contributed by atoms with Crippen LogP contribution in [0, 0.1) is 3.57 Å². The molecule has 1 aromatic carbocycles. The van der Waals surface area contributed by atoms with Gasteiger partial charge >= 0.3 is 0 Å². The van der Waals surface area contributed by atoms with E-state index in [1.54, 1.807) is 10.6 Å². The minimum atomic E-state index is 0.346. The molecule has 0 bridgehead atoms. The number of fused-ring (bicyclic) bond motifs is 1. The second-order valence-corrected chi connectivity index (χ2v) is 5.65. The predicted molar refractivity (Wildman–Crippen MR) is 77.7 cm³/mol. The highest BCUT2D eigenvalue weighted by Gasteiger charge is 2.14. The summed E-state index contributed by atoms with van der Waals surface area (Å²) < 4.78 is 8.45. The summed E-state index contributed by atoms with van der Waals surface area (Å²) in [6.07, 6.45) is 2.56. The molecule has 0 aliphatic rings. The molecule has 4 nitrogen and oxygen atoms in total. The maximum absolute atomic E-state index is 11.1. The largest absolute Gasteiger partial charge is 0.437 e. The average Bonchev–Trinajstić information content (AvgIpc) is 2.89. The summed E-state index contributed by atoms with van der Waals surface area (Å²) in [6.45, 7) is 0. The van der Waals surface area contributed by atoms with E-state index in [0.717, 1.165) is 14.8 Å². The van der Waals surface area contributed by atoms with Crippen molar-refractivity contribution >= 4 is 45.2 Å². The Balaban J connectivity index is 2.04. The molecule has 0 aliphatic carbocycles. The Hall–Kier alpha value is -1.41. The average molecular weight is 370 g/mol. The SMILES string of the molecule is O=Cc1c(Oc2cccc(I)c2)nc2sccn12. The van der Waals surface area contributed by atoms with Crippen molar-refractivity contribution in [2.45, 2.75) is 0 Å². The summed E-state index contributed by atoms with van der Waals surface area (Å²) in [5.41, 5.74) is 0.435. The number of thiazole rings is 1. The van der Waals surface area contributed by atoms with Gasteiger partial charge in [0.05, 0.1) is 0 Å². The van der Waals surface area contributed by atoms with Gasteiger partial charge in [-0.2, -0.15) is 4.98 Å². The van der Waals surface area contributed by atoms with Gasteiger partial charge in [-0.1, -0.05) is 6.07 Å². The van der Waals surface area contributed by atoms with Gasteiger partial charge in [-0.05, 0) is 40.8 Å². The van der Waals surface area contributed by atoms with E-state index in [9.17, 15) is 4.79 Å². The van der Waals surface area contributed by atoms with Gasteiger partial charge < -0.3 is 4.74 Å². The molecule has 0 radical (unpaired) electrons. The maximum atomic E-state index is 11.1. The van der Waals surface area contributed by atoms with E-state index in [0.29, 0.717) is 17.3 Å². The van der Waals surface area contributed by atoms with Gasteiger partial charge in [0.15, 0.2) is 16.9 Å². The van der Waals surface area contributed by atoms with Crippen LogP contribution in [0.4, 0.5) is 0 Å². The first kappa shape index (κ1) is 11.7. The lowest BCUT2D eigenvalue weighted by molar-refractivity contribution is 0.111. The summed E-state index contributed by atoms with van der Waals surface area (Å²) >= 11 is 3.67. The molecule has 3 aromatic rings. The predicted octanol–water partition coefficient (Wildman–Crippen LogP) is 3.61. The second kappa shape index (κ2) is 4.69. The van der Waals surface area contributed by atoms with Crippen molar-refractivity contribution in [1.82, 2.24) is 9.38 Å². The van der Waals surface area contributed by atoms with E-state index >= 15 is 0 Å². The molecule has 0 amide bonds. The highest BCUT2D eigenvalue weighted by Crippen LogP contribution is 2.27. The fraction of sp³-hybridized carbons (Fsp3) is 0. The van der Waals surface area contributed by atoms with Crippen molar-refractivity contribution in [3.05, 3.63) is 45.1 Å². The Kier molecular flexibility index (Phi) is 3.04. The number of halogens is 1. The van der Waals surface area contributed by atoms with Gasteiger partial charge in [0, 0.05) is 15.1 Å².